The monoisotopic (exact) mass is 509 g/mol. The molecule has 2 atom stereocenters. The van der Waals surface area contributed by atoms with Crippen LogP contribution in [0.3, 0.4) is 0 Å². The van der Waals surface area contributed by atoms with Crippen LogP contribution in [0.4, 0.5) is 10.5 Å². The Balaban J connectivity index is 1.97. The molecule has 0 unspecified atom stereocenters. The van der Waals surface area contributed by atoms with E-state index < -0.39 is 18.0 Å². The molecular formula is C21H21BrClN3O5. The lowest BCUT2D eigenvalue weighted by Gasteiger charge is -2.34. The number of halogens is 2. The van der Waals surface area contributed by atoms with Crippen molar-refractivity contribution >= 4 is 45.2 Å². The van der Waals surface area contributed by atoms with E-state index in [-0.39, 0.29) is 24.8 Å². The van der Waals surface area contributed by atoms with Crippen LogP contribution in [0.5, 0.6) is 11.5 Å². The van der Waals surface area contributed by atoms with E-state index in [1.165, 1.54) is 7.11 Å². The molecule has 8 nitrogen and oxygen atoms in total. The zero-order chi connectivity index (χ0) is 22.5. The Morgan fingerprint density at radius 2 is 2.10 bits per heavy atom. The summed E-state index contributed by atoms with van der Waals surface area (Å²) in [6.45, 7) is 3.81. The van der Waals surface area contributed by atoms with Crippen molar-refractivity contribution in [1.82, 2.24) is 10.6 Å². The molecule has 0 aromatic heterocycles. The molecule has 4 N–H and O–H groups in total. The molecule has 3 amide bonds. The quantitative estimate of drug-likeness (QED) is 0.455. The molecule has 2 aromatic carbocycles. The largest absolute Gasteiger partial charge is 0.493 e. The van der Waals surface area contributed by atoms with Gasteiger partial charge in [0.2, 0.25) is 5.91 Å². The molecule has 0 saturated carbocycles. The van der Waals surface area contributed by atoms with Crippen LogP contribution in [0.15, 0.2) is 53.1 Å². The van der Waals surface area contributed by atoms with E-state index in [0.717, 1.165) is 0 Å². The zero-order valence-electron chi connectivity index (χ0n) is 16.6. The summed E-state index contributed by atoms with van der Waals surface area (Å²) in [6.07, 6.45) is 0. The van der Waals surface area contributed by atoms with E-state index >= 15 is 0 Å². The van der Waals surface area contributed by atoms with Crippen molar-refractivity contribution in [3.8, 4) is 11.5 Å². The summed E-state index contributed by atoms with van der Waals surface area (Å²) < 4.78 is 11.5. The first-order valence-electron chi connectivity index (χ1n) is 9.28. The maximum atomic E-state index is 13.1. The molecule has 0 radical (unpaired) electrons. The summed E-state index contributed by atoms with van der Waals surface area (Å²) in [5, 5.41) is 17.7. The van der Waals surface area contributed by atoms with Gasteiger partial charge in [-0.15, -0.1) is 0 Å². The molecular weight excluding hydrogens is 490 g/mol. The van der Waals surface area contributed by atoms with Gasteiger partial charge in [0.05, 0.1) is 19.8 Å². The number of amides is 3. The molecule has 3 rings (SSSR count). The summed E-state index contributed by atoms with van der Waals surface area (Å²) in [5.74, 6) is -0.414. The minimum absolute atomic E-state index is 0.0910. The second-order valence-corrected chi connectivity index (χ2v) is 7.97. The molecule has 0 bridgehead atoms. The van der Waals surface area contributed by atoms with Crippen LogP contribution in [0.25, 0.3) is 0 Å². The molecule has 1 aliphatic rings. The predicted molar refractivity (Wildman–Crippen MR) is 120 cm³/mol. The summed E-state index contributed by atoms with van der Waals surface area (Å²) in [6, 6.07) is 8.86. The van der Waals surface area contributed by atoms with Crippen molar-refractivity contribution in [2.75, 3.05) is 25.6 Å². The number of hydrogen-bond donors (Lipinski definition) is 4. The highest BCUT2D eigenvalue weighted by molar-refractivity contribution is 9.10. The van der Waals surface area contributed by atoms with Gasteiger partial charge in [-0.3, -0.25) is 4.79 Å². The SMILES string of the molecule is C=C1NC(=O)N[C@H](c2cc(OC)c(OCCO)cc2Br)[C@H]1C(=O)Nc1cccc(Cl)c1. The molecule has 1 fully saturated rings. The number of anilines is 1. The van der Waals surface area contributed by atoms with Gasteiger partial charge in [-0.25, -0.2) is 4.79 Å². The Morgan fingerprint density at radius 1 is 1.32 bits per heavy atom. The summed E-state index contributed by atoms with van der Waals surface area (Å²) in [4.78, 5) is 25.3. The van der Waals surface area contributed by atoms with Crippen molar-refractivity contribution in [2.45, 2.75) is 6.04 Å². The van der Waals surface area contributed by atoms with Gasteiger partial charge in [0.15, 0.2) is 11.5 Å². The zero-order valence-corrected chi connectivity index (χ0v) is 18.9. The standard InChI is InChI=1S/C21H21BrClN3O5/c1-11-18(20(28)25-13-5-3-4-12(23)8-13)19(26-21(29)24-11)14-9-16(30-2)17(10-15(14)22)31-7-6-27/h3-5,8-10,18-19,27H,1,6-7H2,2H3,(H,25,28)(H2,24,26,29)/t18-,19+/m0/s1. The van der Waals surface area contributed by atoms with Crippen LogP contribution < -0.4 is 25.4 Å². The number of aliphatic hydroxyl groups is 1. The summed E-state index contributed by atoms with van der Waals surface area (Å²) in [7, 11) is 1.47. The van der Waals surface area contributed by atoms with Crippen LogP contribution in [0.1, 0.15) is 11.6 Å². The molecule has 31 heavy (non-hydrogen) atoms. The fraction of sp³-hybridized carbons (Fsp3) is 0.238. The Hall–Kier alpha value is -2.75. The van der Waals surface area contributed by atoms with E-state index in [1.54, 1.807) is 36.4 Å². The minimum Gasteiger partial charge on any atom is -0.493 e. The highest BCUT2D eigenvalue weighted by Gasteiger charge is 2.39. The van der Waals surface area contributed by atoms with Crippen LogP contribution in [0.2, 0.25) is 5.02 Å². The van der Waals surface area contributed by atoms with Gasteiger partial charge in [0, 0.05) is 20.9 Å². The van der Waals surface area contributed by atoms with Crippen molar-refractivity contribution in [1.29, 1.82) is 0 Å². The first-order valence-corrected chi connectivity index (χ1v) is 10.4. The number of carbonyl (C=O) groups is 2. The number of urea groups is 1. The highest BCUT2D eigenvalue weighted by atomic mass is 79.9. The first-order chi connectivity index (χ1) is 14.8. The van der Waals surface area contributed by atoms with Gasteiger partial charge in [-0.1, -0.05) is 40.2 Å². The third kappa shape index (κ3) is 5.30. The van der Waals surface area contributed by atoms with E-state index in [1.807, 2.05) is 0 Å². The van der Waals surface area contributed by atoms with Crippen molar-refractivity contribution in [3.05, 3.63) is 63.7 Å². The van der Waals surface area contributed by atoms with E-state index in [0.29, 0.717) is 32.2 Å². The fourth-order valence-electron chi connectivity index (χ4n) is 3.26. The van der Waals surface area contributed by atoms with E-state index in [4.69, 9.17) is 26.2 Å². The highest BCUT2D eigenvalue weighted by Crippen LogP contribution is 2.40. The third-order valence-corrected chi connectivity index (χ3v) is 5.53. The number of hydrogen-bond acceptors (Lipinski definition) is 5. The van der Waals surface area contributed by atoms with Crippen LogP contribution in [0, 0.1) is 5.92 Å². The predicted octanol–water partition coefficient (Wildman–Crippen LogP) is 3.60. The van der Waals surface area contributed by atoms with Gasteiger partial charge in [-0.2, -0.15) is 0 Å². The average molecular weight is 511 g/mol. The maximum absolute atomic E-state index is 13.1. The van der Waals surface area contributed by atoms with Crippen molar-refractivity contribution < 1.29 is 24.2 Å². The first kappa shape index (κ1) is 22.9. The summed E-state index contributed by atoms with van der Waals surface area (Å²) >= 11 is 9.49. The van der Waals surface area contributed by atoms with Gasteiger partial charge in [0.25, 0.3) is 0 Å². The van der Waals surface area contributed by atoms with Crippen LogP contribution in [-0.4, -0.2) is 37.4 Å². The number of aliphatic hydroxyl groups excluding tert-OH is 1. The number of ether oxygens (including phenoxy) is 2. The van der Waals surface area contributed by atoms with E-state index in [2.05, 4.69) is 38.5 Å². The van der Waals surface area contributed by atoms with Crippen molar-refractivity contribution in [2.24, 2.45) is 5.92 Å². The second-order valence-electron chi connectivity index (χ2n) is 6.68. The second kappa shape index (κ2) is 10.0. The molecule has 164 valence electrons. The molecule has 1 heterocycles. The lowest BCUT2D eigenvalue weighted by Crippen LogP contribution is -2.52. The van der Waals surface area contributed by atoms with Gasteiger partial charge >= 0.3 is 6.03 Å². The third-order valence-electron chi connectivity index (χ3n) is 4.61. The molecule has 0 spiro atoms. The Kier molecular flexibility index (Phi) is 7.42. The lowest BCUT2D eigenvalue weighted by atomic mass is 9.88. The summed E-state index contributed by atoms with van der Waals surface area (Å²) in [5.41, 5.74) is 1.36. The Morgan fingerprint density at radius 3 is 2.77 bits per heavy atom. The molecule has 0 aliphatic carbocycles. The number of rotatable bonds is 7. The topological polar surface area (TPSA) is 109 Å². The Labute approximate surface area is 192 Å². The van der Waals surface area contributed by atoms with Gasteiger partial charge in [-0.05, 0) is 35.9 Å². The minimum atomic E-state index is -0.832. The molecule has 10 heteroatoms. The molecule has 1 saturated heterocycles. The fourth-order valence-corrected chi connectivity index (χ4v) is 4.01. The van der Waals surface area contributed by atoms with Crippen LogP contribution in [-0.2, 0) is 4.79 Å². The lowest BCUT2D eigenvalue weighted by molar-refractivity contribution is -0.119. The van der Waals surface area contributed by atoms with E-state index in [9.17, 15) is 9.59 Å². The van der Waals surface area contributed by atoms with Crippen LogP contribution >= 0.6 is 27.5 Å². The van der Waals surface area contributed by atoms with Gasteiger partial charge in [0.1, 0.15) is 12.5 Å². The number of nitrogens with one attached hydrogen (secondary N) is 3. The molecule has 2 aromatic rings. The number of carbonyl (C=O) groups excluding carboxylic acids is 2. The smallest absolute Gasteiger partial charge is 0.319 e. The number of methoxy groups -OCH3 is 1. The van der Waals surface area contributed by atoms with Crippen molar-refractivity contribution in [3.63, 3.8) is 0 Å². The number of benzene rings is 2. The average Bonchev–Trinajstić information content (AvgIpc) is 2.71. The van der Waals surface area contributed by atoms with Gasteiger partial charge < -0.3 is 30.5 Å². The maximum Gasteiger partial charge on any atom is 0.319 e. The Bertz CT molecular complexity index is 1020. The normalized spacial score (nSPS) is 18.1. The molecule has 1 aliphatic heterocycles.